The van der Waals surface area contributed by atoms with Crippen molar-refractivity contribution in [2.24, 2.45) is 0 Å². The number of nitrogens with zero attached hydrogens (tertiary/aromatic N) is 3. The molecule has 0 saturated heterocycles. The Morgan fingerprint density at radius 1 is 1.32 bits per heavy atom. The van der Waals surface area contributed by atoms with Gasteiger partial charge in [0.25, 0.3) is 0 Å². The first-order chi connectivity index (χ1) is 12.2. The largest absolute Gasteiger partial charge is 0.497 e. The second-order valence-corrected chi connectivity index (χ2v) is 6.17. The van der Waals surface area contributed by atoms with Crippen LogP contribution in [0.5, 0.6) is 5.75 Å². The maximum Gasteiger partial charge on any atom is 0.234 e. The number of aliphatic hydroxyl groups is 1. The van der Waals surface area contributed by atoms with E-state index in [4.69, 9.17) is 9.84 Å². The van der Waals surface area contributed by atoms with Crippen molar-refractivity contribution >= 4 is 5.91 Å². The molecule has 134 valence electrons. The molecule has 2 N–H and O–H groups in total. The van der Waals surface area contributed by atoms with Gasteiger partial charge in [-0.25, -0.2) is 0 Å². The number of aliphatic hydroxyl groups excluding tert-OH is 1. The zero-order valence-electron chi connectivity index (χ0n) is 14.4. The SMILES string of the molecule is COc1ccc(CCNC(=O)CN2CCn3nc(CO)cc3C2)cc1. The fourth-order valence-corrected chi connectivity index (χ4v) is 2.99. The minimum atomic E-state index is -0.0498. The second kappa shape index (κ2) is 8.13. The number of methoxy groups -OCH3 is 1. The lowest BCUT2D eigenvalue weighted by atomic mass is 10.1. The monoisotopic (exact) mass is 344 g/mol. The molecule has 7 heteroatoms. The second-order valence-electron chi connectivity index (χ2n) is 6.17. The molecule has 0 unspecified atom stereocenters. The van der Waals surface area contributed by atoms with Gasteiger partial charge in [-0.2, -0.15) is 5.10 Å². The normalized spacial score (nSPS) is 14.2. The predicted molar refractivity (Wildman–Crippen MR) is 93.1 cm³/mol. The van der Waals surface area contributed by atoms with Gasteiger partial charge in [0.15, 0.2) is 0 Å². The van der Waals surface area contributed by atoms with Crippen LogP contribution >= 0.6 is 0 Å². The summed E-state index contributed by atoms with van der Waals surface area (Å²) in [6.07, 6.45) is 0.794. The third kappa shape index (κ3) is 4.58. The van der Waals surface area contributed by atoms with Crippen LogP contribution in [0.25, 0.3) is 0 Å². The van der Waals surface area contributed by atoms with E-state index in [-0.39, 0.29) is 12.5 Å². The summed E-state index contributed by atoms with van der Waals surface area (Å²) in [7, 11) is 1.65. The molecule has 2 aromatic rings. The lowest BCUT2D eigenvalue weighted by Gasteiger charge is -2.26. The zero-order chi connectivity index (χ0) is 17.6. The van der Waals surface area contributed by atoms with Crippen molar-refractivity contribution in [1.29, 1.82) is 0 Å². The van der Waals surface area contributed by atoms with E-state index >= 15 is 0 Å². The van der Waals surface area contributed by atoms with E-state index in [0.29, 0.717) is 25.3 Å². The van der Waals surface area contributed by atoms with Gasteiger partial charge in [-0.3, -0.25) is 14.4 Å². The average molecular weight is 344 g/mol. The highest BCUT2D eigenvalue weighted by atomic mass is 16.5. The Morgan fingerprint density at radius 3 is 2.84 bits per heavy atom. The van der Waals surface area contributed by atoms with Gasteiger partial charge in [0.1, 0.15) is 5.75 Å². The third-order valence-corrected chi connectivity index (χ3v) is 4.35. The van der Waals surface area contributed by atoms with E-state index in [1.807, 2.05) is 35.0 Å². The van der Waals surface area contributed by atoms with Crippen molar-refractivity contribution in [2.75, 3.05) is 26.7 Å². The van der Waals surface area contributed by atoms with E-state index in [2.05, 4.69) is 15.3 Å². The standard InChI is InChI=1S/C18H24N4O3/c1-25-17-4-2-14(3-5-17)6-7-19-18(24)12-21-8-9-22-16(11-21)10-15(13-23)20-22/h2-5,10,23H,6-9,11-13H2,1H3,(H,19,24). The predicted octanol–water partition coefficient (Wildman–Crippen LogP) is 0.559. The number of carbonyl (C=O) groups is 1. The number of aromatic nitrogens is 2. The van der Waals surface area contributed by atoms with E-state index in [9.17, 15) is 4.79 Å². The summed E-state index contributed by atoms with van der Waals surface area (Å²) in [6, 6.07) is 9.77. The van der Waals surface area contributed by atoms with Crippen LogP contribution in [0.15, 0.2) is 30.3 Å². The maximum atomic E-state index is 12.1. The quantitative estimate of drug-likeness (QED) is 0.767. The highest BCUT2D eigenvalue weighted by Crippen LogP contribution is 2.13. The molecule has 1 aromatic heterocycles. The number of nitrogens with one attached hydrogen (secondary N) is 1. The number of carbonyl (C=O) groups excluding carboxylic acids is 1. The van der Waals surface area contributed by atoms with E-state index in [0.717, 1.165) is 31.0 Å². The van der Waals surface area contributed by atoms with E-state index < -0.39 is 0 Å². The number of amides is 1. The van der Waals surface area contributed by atoms with Crippen molar-refractivity contribution in [3.05, 3.63) is 47.3 Å². The minimum absolute atomic E-state index is 0.0314. The summed E-state index contributed by atoms with van der Waals surface area (Å²) in [5.41, 5.74) is 2.89. The molecular weight excluding hydrogens is 320 g/mol. The Hall–Kier alpha value is -2.38. The minimum Gasteiger partial charge on any atom is -0.497 e. The van der Waals surface area contributed by atoms with Crippen LogP contribution < -0.4 is 10.1 Å². The van der Waals surface area contributed by atoms with E-state index in [1.165, 1.54) is 5.56 Å². The summed E-state index contributed by atoms with van der Waals surface area (Å²) in [4.78, 5) is 14.2. The fourth-order valence-electron chi connectivity index (χ4n) is 2.99. The number of hydrogen-bond acceptors (Lipinski definition) is 5. The van der Waals surface area contributed by atoms with Crippen molar-refractivity contribution in [3.63, 3.8) is 0 Å². The van der Waals surface area contributed by atoms with Gasteiger partial charge in [-0.05, 0) is 30.2 Å². The molecule has 0 atom stereocenters. The van der Waals surface area contributed by atoms with Crippen LogP contribution in [-0.2, 0) is 30.9 Å². The number of benzene rings is 1. The molecule has 2 heterocycles. The van der Waals surface area contributed by atoms with Gasteiger partial charge in [-0.15, -0.1) is 0 Å². The molecule has 1 aliphatic rings. The highest BCUT2D eigenvalue weighted by molar-refractivity contribution is 5.78. The first-order valence-corrected chi connectivity index (χ1v) is 8.46. The molecule has 0 fully saturated rings. The molecule has 0 spiro atoms. The van der Waals surface area contributed by atoms with Crippen LogP contribution in [0.1, 0.15) is 17.0 Å². The smallest absolute Gasteiger partial charge is 0.234 e. The Morgan fingerprint density at radius 2 is 2.12 bits per heavy atom. The van der Waals surface area contributed by atoms with Crippen molar-refractivity contribution in [2.45, 2.75) is 26.1 Å². The molecule has 1 aliphatic heterocycles. The molecule has 1 amide bonds. The van der Waals surface area contributed by atoms with Crippen LogP contribution in [0, 0.1) is 0 Å². The summed E-state index contributed by atoms with van der Waals surface area (Å²) in [5, 5.41) is 16.4. The summed E-state index contributed by atoms with van der Waals surface area (Å²) in [6.45, 7) is 3.15. The molecule has 0 saturated carbocycles. The van der Waals surface area contributed by atoms with Crippen LogP contribution in [-0.4, -0.2) is 52.4 Å². The van der Waals surface area contributed by atoms with Gasteiger partial charge in [0.05, 0.1) is 38.2 Å². The Labute approximate surface area is 147 Å². The fraction of sp³-hybridized carbons (Fsp3) is 0.444. The number of rotatable bonds is 7. The average Bonchev–Trinajstić information content (AvgIpc) is 3.05. The Bertz CT molecular complexity index is 712. The van der Waals surface area contributed by atoms with Gasteiger partial charge in [-0.1, -0.05) is 12.1 Å². The molecule has 3 rings (SSSR count). The first-order valence-electron chi connectivity index (χ1n) is 8.46. The molecule has 0 bridgehead atoms. The number of fused-ring (bicyclic) bond motifs is 1. The van der Waals surface area contributed by atoms with E-state index in [1.54, 1.807) is 7.11 Å². The Kier molecular flexibility index (Phi) is 5.67. The van der Waals surface area contributed by atoms with Gasteiger partial charge in [0.2, 0.25) is 5.91 Å². The van der Waals surface area contributed by atoms with Crippen molar-refractivity contribution < 1.29 is 14.6 Å². The summed E-state index contributed by atoms with van der Waals surface area (Å²) >= 11 is 0. The lowest BCUT2D eigenvalue weighted by Crippen LogP contribution is -2.41. The van der Waals surface area contributed by atoms with Gasteiger partial charge >= 0.3 is 0 Å². The van der Waals surface area contributed by atoms with Gasteiger partial charge in [0, 0.05) is 19.6 Å². The molecule has 7 nitrogen and oxygen atoms in total. The molecule has 0 radical (unpaired) electrons. The summed E-state index contributed by atoms with van der Waals surface area (Å²) < 4.78 is 7.04. The maximum absolute atomic E-state index is 12.1. The topological polar surface area (TPSA) is 79.6 Å². The van der Waals surface area contributed by atoms with Crippen LogP contribution in [0.4, 0.5) is 0 Å². The molecule has 0 aliphatic carbocycles. The van der Waals surface area contributed by atoms with Gasteiger partial charge < -0.3 is 15.2 Å². The highest BCUT2D eigenvalue weighted by Gasteiger charge is 2.19. The van der Waals surface area contributed by atoms with Crippen molar-refractivity contribution in [1.82, 2.24) is 20.0 Å². The molecular formula is C18H24N4O3. The van der Waals surface area contributed by atoms with Crippen LogP contribution in [0.2, 0.25) is 0 Å². The number of ether oxygens (including phenoxy) is 1. The zero-order valence-corrected chi connectivity index (χ0v) is 14.4. The molecule has 1 aromatic carbocycles. The van der Waals surface area contributed by atoms with Crippen molar-refractivity contribution in [3.8, 4) is 5.75 Å². The number of hydrogen-bond donors (Lipinski definition) is 2. The van der Waals surface area contributed by atoms with Crippen LogP contribution in [0.3, 0.4) is 0 Å². The summed E-state index contributed by atoms with van der Waals surface area (Å²) in [5.74, 6) is 0.866. The lowest BCUT2D eigenvalue weighted by molar-refractivity contribution is -0.122. The third-order valence-electron chi connectivity index (χ3n) is 4.35. The first kappa shape index (κ1) is 17.4. The molecule has 25 heavy (non-hydrogen) atoms. The Balaban J connectivity index is 1.42.